The van der Waals surface area contributed by atoms with Crippen molar-refractivity contribution in [2.45, 2.75) is 31.6 Å². The number of hydrogen-bond donors (Lipinski definition) is 2. The van der Waals surface area contributed by atoms with Crippen molar-refractivity contribution in [1.82, 2.24) is 0 Å². The summed E-state index contributed by atoms with van der Waals surface area (Å²) in [5, 5.41) is 9.67. The monoisotopic (exact) mass is 226 g/mol. The Labute approximate surface area is 91.8 Å². The molecule has 0 amide bonds. The predicted octanol–water partition coefficient (Wildman–Crippen LogP) is 2.18. The van der Waals surface area contributed by atoms with Gasteiger partial charge in [-0.1, -0.05) is 9.93 Å². The van der Waals surface area contributed by atoms with Gasteiger partial charge in [0, 0.05) is 16.4 Å². The molecule has 0 unspecified atom stereocenters. The summed E-state index contributed by atoms with van der Waals surface area (Å²) in [6.45, 7) is 3.74. The van der Waals surface area contributed by atoms with Crippen LogP contribution < -0.4 is 0 Å². The van der Waals surface area contributed by atoms with Crippen LogP contribution in [0.2, 0.25) is 0 Å². The number of benzene rings is 1. The third-order valence-corrected chi connectivity index (χ3v) is 6.51. The maximum Gasteiger partial charge on any atom is 0.121 e. The second-order valence-corrected chi connectivity index (χ2v) is 7.66. The molecule has 0 spiro atoms. The second-order valence-electron chi connectivity index (χ2n) is 4.47. The van der Waals surface area contributed by atoms with Gasteiger partial charge >= 0.3 is 0 Å². The van der Waals surface area contributed by atoms with E-state index >= 15 is 0 Å². The van der Waals surface area contributed by atoms with E-state index in [1.165, 1.54) is 0 Å². The summed E-state index contributed by atoms with van der Waals surface area (Å²) in [4.78, 5) is 0.966. The molecule has 3 heteroatoms. The highest BCUT2D eigenvalue weighted by atomic mass is 32.2. The van der Waals surface area contributed by atoms with Crippen LogP contribution in [0.4, 0.5) is 0 Å². The van der Waals surface area contributed by atoms with Crippen LogP contribution >= 0.6 is 0 Å². The third-order valence-electron chi connectivity index (χ3n) is 3.24. The van der Waals surface area contributed by atoms with E-state index in [1.54, 1.807) is 0 Å². The summed E-state index contributed by atoms with van der Waals surface area (Å²) in [6, 6.07) is 3.79. The van der Waals surface area contributed by atoms with Gasteiger partial charge in [-0.15, -0.1) is 0 Å². The molecule has 84 valence electrons. The van der Waals surface area contributed by atoms with Crippen molar-refractivity contribution in [3.8, 4) is 5.75 Å². The molecule has 0 radical (unpaired) electrons. The van der Waals surface area contributed by atoms with Crippen LogP contribution in [0.5, 0.6) is 5.75 Å². The predicted molar refractivity (Wildman–Crippen MR) is 64.4 cm³/mol. The lowest BCUT2D eigenvalue weighted by Gasteiger charge is -2.19. The van der Waals surface area contributed by atoms with Crippen molar-refractivity contribution < 1.29 is 9.32 Å². The van der Waals surface area contributed by atoms with Crippen LogP contribution in [0, 0.1) is 13.8 Å². The van der Waals surface area contributed by atoms with Gasteiger partial charge < -0.3 is 5.11 Å². The van der Waals surface area contributed by atoms with E-state index in [0.717, 1.165) is 40.4 Å². The fourth-order valence-electron chi connectivity index (χ4n) is 2.27. The second kappa shape index (κ2) is 3.63. The molecule has 1 fully saturated rings. The van der Waals surface area contributed by atoms with Crippen LogP contribution in [-0.4, -0.2) is 20.8 Å². The third kappa shape index (κ3) is 1.81. The zero-order chi connectivity index (χ0) is 11.1. The van der Waals surface area contributed by atoms with Crippen LogP contribution in [0.3, 0.4) is 0 Å². The molecule has 2 rings (SSSR count). The molecular formula is C12H18O2S. The normalized spacial score (nSPS) is 21.5. The molecule has 2 nitrogen and oxygen atoms in total. The fourth-order valence-corrected chi connectivity index (χ4v) is 5.34. The number of aryl methyl sites for hydroxylation is 2. The maximum atomic E-state index is 12.5. The Balaban J connectivity index is 2.50. The summed E-state index contributed by atoms with van der Waals surface area (Å²) >= 11 is 0. The van der Waals surface area contributed by atoms with Crippen molar-refractivity contribution in [3.05, 3.63) is 23.3 Å². The molecule has 1 aliphatic rings. The van der Waals surface area contributed by atoms with E-state index in [9.17, 15) is 9.32 Å². The first-order valence-electron chi connectivity index (χ1n) is 5.42. The van der Waals surface area contributed by atoms with Crippen LogP contribution in [0.25, 0.3) is 0 Å². The van der Waals surface area contributed by atoms with Gasteiger partial charge in [0.25, 0.3) is 0 Å². The van der Waals surface area contributed by atoms with E-state index in [0.29, 0.717) is 5.75 Å². The van der Waals surface area contributed by atoms with E-state index in [2.05, 4.69) is 0 Å². The lowest BCUT2D eigenvalue weighted by Crippen LogP contribution is -2.14. The quantitative estimate of drug-likeness (QED) is 0.720. The topological polar surface area (TPSA) is 37.3 Å². The van der Waals surface area contributed by atoms with E-state index in [1.807, 2.05) is 26.0 Å². The average Bonchev–Trinajstić information content (AvgIpc) is 2.62. The Morgan fingerprint density at radius 1 is 1.13 bits per heavy atom. The van der Waals surface area contributed by atoms with Crippen molar-refractivity contribution >= 4 is 9.93 Å². The summed E-state index contributed by atoms with van der Waals surface area (Å²) in [6.07, 6.45) is 2.16. The van der Waals surface area contributed by atoms with Gasteiger partial charge in [0.2, 0.25) is 0 Å². The van der Waals surface area contributed by atoms with Crippen molar-refractivity contribution in [3.63, 3.8) is 0 Å². The number of hydrogen-bond acceptors (Lipinski definition) is 2. The van der Waals surface area contributed by atoms with E-state index < -0.39 is 9.93 Å². The Morgan fingerprint density at radius 3 is 2.07 bits per heavy atom. The largest absolute Gasteiger partial charge is 0.507 e. The summed E-state index contributed by atoms with van der Waals surface area (Å²) in [7, 11) is -2.11. The lowest BCUT2D eigenvalue weighted by atomic mass is 10.1. The maximum absolute atomic E-state index is 12.5. The number of aromatic hydroxyl groups is 1. The highest BCUT2D eigenvalue weighted by molar-refractivity contribution is 8.03. The molecule has 15 heavy (non-hydrogen) atoms. The number of phenols is 1. The van der Waals surface area contributed by atoms with E-state index in [4.69, 9.17) is 0 Å². The average molecular weight is 226 g/mol. The first kappa shape index (κ1) is 10.7. The molecule has 1 N–H and O–H groups in total. The van der Waals surface area contributed by atoms with Crippen LogP contribution in [0.1, 0.15) is 24.0 Å². The molecule has 0 atom stereocenters. The molecule has 1 aromatic carbocycles. The minimum absolute atomic E-state index is 0.338. The van der Waals surface area contributed by atoms with Crippen molar-refractivity contribution in [2.24, 2.45) is 0 Å². The van der Waals surface area contributed by atoms with Gasteiger partial charge in [-0.05, 0) is 49.9 Å². The molecular weight excluding hydrogens is 208 g/mol. The fraction of sp³-hybridized carbons (Fsp3) is 0.500. The molecule has 0 aliphatic carbocycles. The summed E-state index contributed by atoms with van der Waals surface area (Å²) < 4.78 is 12.5. The Bertz CT molecular complexity index is 404. The molecule has 1 heterocycles. The zero-order valence-electron chi connectivity index (χ0n) is 9.29. The Hall–Kier alpha value is -0.830. The SMILES string of the molecule is Cc1cc([SH]2(=O)CCCC2)cc(C)c1O. The zero-order valence-corrected chi connectivity index (χ0v) is 10.2. The minimum atomic E-state index is -2.11. The molecule has 0 aromatic heterocycles. The standard InChI is InChI=1S/C12H18O2S/c1-9-7-11(8-10(2)12(9)13)15(14)5-3-4-6-15/h7-8,13,15H,3-6H2,1-2H3. The van der Waals surface area contributed by atoms with Crippen LogP contribution in [-0.2, 0) is 9.93 Å². The highest BCUT2D eigenvalue weighted by Crippen LogP contribution is 2.32. The van der Waals surface area contributed by atoms with Crippen molar-refractivity contribution in [1.29, 1.82) is 0 Å². The molecule has 0 bridgehead atoms. The van der Waals surface area contributed by atoms with Gasteiger partial charge in [-0.25, -0.2) is 0 Å². The van der Waals surface area contributed by atoms with Gasteiger partial charge in [-0.2, -0.15) is 0 Å². The molecule has 1 aromatic rings. The van der Waals surface area contributed by atoms with Gasteiger partial charge in [-0.3, -0.25) is 4.21 Å². The van der Waals surface area contributed by atoms with Gasteiger partial charge in [0.15, 0.2) is 0 Å². The lowest BCUT2D eigenvalue weighted by molar-refractivity contribution is 0.466. The summed E-state index contributed by atoms with van der Waals surface area (Å²) in [5.74, 6) is 2.03. The van der Waals surface area contributed by atoms with Gasteiger partial charge in [0.1, 0.15) is 5.75 Å². The number of rotatable bonds is 1. The number of thiol groups is 1. The Kier molecular flexibility index (Phi) is 2.59. The molecule has 1 saturated heterocycles. The highest BCUT2D eigenvalue weighted by Gasteiger charge is 2.24. The summed E-state index contributed by atoms with van der Waals surface area (Å²) in [5.41, 5.74) is 1.68. The van der Waals surface area contributed by atoms with Gasteiger partial charge in [0.05, 0.1) is 0 Å². The van der Waals surface area contributed by atoms with Crippen molar-refractivity contribution in [2.75, 3.05) is 11.5 Å². The molecule has 0 saturated carbocycles. The smallest absolute Gasteiger partial charge is 0.121 e. The van der Waals surface area contributed by atoms with Crippen LogP contribution in [0.15, 0.2) is 17.0 Å². The minimum Gasteiger partial charge on any atom is -0.507 e. The van der Waals surface area contributed by atoms with E-state index in [-0.39, 0.29) is 0 Å². The first-order chi connectivity index (χ1) is 7.03. The number of phenolic OH excluding ortho intramolecular Hbond substituents is 1. The first-order valence-corrected chi connectivity index (χ1v) is 7.49. The molecule has 1 aliphatic heterocycles. The Morgan fingerprint density at radius 2 is 1.60 bits per heavy atom.